The maximum atomic E-state index is 8.75. The predicted molar refractivity (Wildman–Crippen MR) is 46.0 cm³/mol. The second-order valence-corrected chi connectivity index (χ2v) is 2.74. The zero-order valence-electron chi connectivity index (χ0n) is 6.44. The lowest BCUT2D eigenvalue weighted by molar-refractivity contribution is 0.542. The van der Waals surface area contributed by atoms with Gasteiger partial charge in [-0.3, -0.25) is 15.3 Å². The molecule has 0 aromatic heterocycles. The third kappa shape index (κ3) is 1.04. The van der Waals surface area contributed by atoms with Gasteiger partial charge in [-0.2, -0.15) is 5.26 Å². The SMILES string of the molecule is N#CC1=CN=CC2C=NCNC12. The van der Waals surface area contributed by atoms with E-state index in [2.05, 4.69) is 21.4 Å². The first-order chi connectivity index (χ1) is 5.92. The van der Waals surface area contributed by atoms with E-state index in [1.807, 2.05) is 6.21 Å². The second-order valence-electron chi connectivity index (χ2n) is 2.74. The minimum absolute atomic E-state index is 0.0880. The van der Waals surface area contributed by atoms with Crippen LogP contribution in [0, 0.1) is 17.2 Å². The summed E-state index contributed by atoms with van der Waals surface area (Å²) >= 11 is 0. The van der Waals surface area contributed by atoms with E-state index < -0.39 is 0 Å². The molecule has 0 bridgehead atoms. The first kappa shape index (κ1) is 7.19. The highest BCUT2D eigenvalue weighted by Gasteiger charge is 2.26. The molecule has 2 unspecified atom stereocenters. The van der Waals surface area contributed by atoms with Crippen LogP contribution in [0.25, 0.3) is 0 Å². The summed E-state index contributed by atoms with van der Waals surface area (Å²) in [6.45, 7) is 0.591. The fourth-order valence-electron chi connectivity index (χ4n) is 1.39. The molecule has 1 N–H and O–H groups in total. The van der Waals surface area contributed by atoms with E-state index in [1.165, 1.54) is 0 Å². The average molecular weight is 160 g/mol. The molecule has 0 aromatic carbocycles. The summed E-state index contributed by atoms with van der Waals surface area (Å²) in [5.74, 6) is 0.151. The van der Waals surface area contributed by atoms with Crippen LogP contribution >= 0.6 is 0 Å². The van der Waals surface area contributed by atoms with Crippen molar-refractivity contribution < 1.29 is 0 Å². The van der Waals surface area contributed by atoms with Crippen LogP contribution in [-0.2, 0) is 0 Å². The summed E-state index contributed by atoms with van der Waals surface area (Å²) in [5, 5.41) is 11.9. The van der Waals surface area contributed by atoms with Crippen LogP contribution in [0.1, 0.15) is 0 Å². The summed E-state index contributed by atoms with van der Waals surface area (Å²) in [6, 6.07) is 2.21. The summed E-state index contributed by atoms with van der Waals surface area (Å²) in [5.41, 5.74) is 0.689. The first-order valence-electron chi connectivity index (χ1n) is 3.78. The topological polar surface area (TPSA) is 60.5 Å². The van der Waals surface area contributed by atoms with Crippen LogP contribution in [-0.4, -0.2) is 25.1 Å². The van der Waals surface area contributed by atoms with Gasteiger partial charge >= 0.3 is 0 Å². The maximum absolute atomic E-state index is 8.75. The van der Waals surface area contributed by atoms with Crippen molar-refractivity contribution in [3.63, 3.8) is 0 Å². The smallest absolute Gasteiger partial charge is 0.0980 e. The Bertz CT molecular complexity index is 308. The van der Waals surface area contributed by atoms with E-state index in [0.717, 1.165) is 0 Å². The van der Waals surface area contributed by atoms with Crippen molar-refractivity contribution in [3.05, 3.63) is 11.8 Å². The molecule has 2 aliphatic heterocycles. The van der Waals surface area contributed by atoms with E-state index in [4.69, 9.17) is 5.26 Å². The monoisotopic (exact) mass is 160 g/mol. The lowest BCUT2D eigenvalue weighted by Gasteiger charge is -2.26. The molecule has 0 aliphatic carbocycles. The Hall–Kier alpha value is -1.47. The molecule has 4 nitrogen and oxygen atoms in total. The molecule has 0 radical (unpaired) electrons. The molecule has 2 aliphatic rings. The molecular weight excluding hydrogens is 152 g/mol. The third-order valence-corrected chi connectivity index (χ3v) is 2.00. The number of aliphatic imine (C=N–C) groups is 2. The van der Waals surface area contributed by atoms with Crippen LogP contribution < -0.4 is 5.32 Å². The van der Waals surface area contributed by atoms with Gasteiger partial charge in [0, 0.05) is 24.5 Å². The van der Waals surface area contributed by atoms with E-state index in [1.54, 1.807) is 12.4 Å². The van der Waals surface area contributed by atoms with Crippen molar-refractivity contribution in [2.24, 2.45) is 15.9 Å². The molecule has 0 aromatic rings. The Morgan fingerprint density at radius 2 is 2.50 bits per heavy atom. The fraction of sp³-hybridized carbons (Fsp3) is 0.375. The van der Waals surface area contributed by atoms with Crippen molar-refractivity contribution >= 4 is 12.4 Å². The molecule has 60 valence electrons. The molecule has 0 saturated carbocycles. The van der Waals surface area contributed by atoms with E-state index in [0.29, 0.717) is 12.2 Å². The molecule has 2 rings (SSSR count). The van der Waals surface area contributed by atoms with Crippen molar-refractivity contribution in [2.45, 2.75) is 6.04 Å². The largest absolute Gasteiger partial charge is 0.290 e. The van der Waals surface area contributed by atoms with Crippen LogP contribution in [0.5, 0.6) is 0 Å². The van der Waals surface area contributed by atoms with Crippen molar-refractivity contribution in [2.75, 3.05) is 6.67 Å². The van der Waals surface area contributed by atoms with E-state index in [-0.39, 0.29) is 12.0 Å². The third-order valence-electron chi connectivity index (χ3n) is 2.00. The lowest BCUT2D eigenvalue weighted by Crippen LogP contribution is -2.43. The number of nitrogens with one attached hydrogen (secondary N) is 1. The van der Waals surface area contributed by atoms with Gasteiger partial charge in [0.2, 0.25) is 0 Å². The Balaban J connectivity index is 2.30. The van der Waals surface area contributed by atoms with E-state index >= 15 is 0 Å². The minimum atomic E-state index is 0.0880. The molecule has 4 heteroatoms. The normalized spacial score (nSPS) is 32.1. The number of hydrogen-bond acceptors (Lipinski definition) is 4. The Kier molecular flexibility index (Phi) is 1.72. The number of nitriles is 1. The second kappa shape index (κ2) is 2.88. The molecule has 12 heavy (non-hydrogen) atoms. The number of hydrogen-bond donors (Lipinski definition) is 1. The minimum Gasteiger partial charge on any atom is -0.290 e. The molecule has 0 saturated heterocycles. The van der Waals surface area contributed by atoms with Gasteiger partial charge in [-0.15, -0.1) is 0 Å². The first-order valence-corrected chi connectivity index (χ1v) is 3.78. The molecule has 0 fully saturated rings. The van der Waals surface area contributed by atoms with Crippen molar-refractivity contribution in [1.29, 1.82) is 5.26 Å². The van der Waals surface area contributed by atoms with Crippen LogP contribution in [0.15, 0.2) is 21.8 Å². The van der Waals surface area contributed by atoms with E-state index in [9.17, 15) is 0 Å². The van der Waals surface area contributed by atoms with Gasteiger partial charge in [-0.1, -0.05) is 0 Å². The lowest BCUT2D eigenvalue weighted by atomic mass is 9.93. The summed E-state index contributed by atoms with van der Waals surface area (Å²) in [6.07, 6.45) is 5.25. The Morgan fingerprint density at radius 3 is 3.33 bits per heavy atom. The maximum Gasteiger partial charge on any atom is 0.0980 e. The molecule has 0 amide bonds. The summed E-state index contributed by atoms with van der Waals surface area (Å²) in [7, 11) is 0. The highest BCUT2D eigenvalue weighted by atomic mass is 15.1. The molecule has 2 heterocycles. The van der Waals surface area contributed by atoms with Crippen molar-refractivity contribution in [1.82, 2.24) is 5.32 Å². The molecule has 2 atom stereocenters. The van der Waals surface area contributed by atoms with Crippen LogP contribution in [0.3, 0.4) is 0 Å². The standard InChI is InChI=1S/C8H8N4/c9-1-6-2-10-3-7-4-11-5-12-8(6)7/h2-4,7-8,12H,5H2. The Labute approximate surface area is 70.3 Å². The zero-order valence-corrected chi connectivity index (χ0v) is 6.44. The predicted octanol–water partition coefficient (Wildman–Crippen LogP) is 0.0946. The fourth-order valence-corrected chi connectivity index (χ4v) is 1.39. The van der Waals surface area contributed by atoms with Gasteiger partial charge < -0.3 is 0 Å². The quantitative estimate of drug-likeness (QED) is 0.546. The van der Waals surface area contributed by atoms with Gasteiger partial charge in [0.1, 0.15) is 0 Å². The summed E-state index contributed by atoms with van der Waals surface area (Å²) in [4.78, 5) is 8.04. The number of rotatable bonds is 0. The number of nitrogens with zero attached hydrogens (tertiary/aromatic N) is 3. The van der Waals surface area contributed by atoms with Crippen molar-refractivity contribution in [3.8, 4) is 6.07 Å². The molecular formula is C8H8N4. The molecule has 0 spiro atoms. The highest BCUT2D eigenvalue weighted by molar-refractivity contribution is 5.87. The van der Waals surface area contributed by atoms with Crippen LogP contribution in [0.2, 0.25) is 0 Å². The highest BCUT2D eigenvalue weighted by Crippen LogP contribution is 2.16. The summed E-state index contributed by atoms with van der Waals surface area (Å²) < 4.78 is 0. The van der Waals surface area contributed by atoms with Gasteiger partial charge in [-0.05, 0) is 0 Å². The number of fused-ring (bicyclic) bond motifs is 1. The Morgan fingerprint density at radius 1 is 1.58 bits per heavy atom. The zero-order chi connectivity index (χ0) is 8.39. The van der Waals surface area contributed by atoms with Gasteiger partial charge in [-0.25, -0.2) is 0 Å². The average Bonchev–Trinajstić information content (AvgIpc) is 2.17. The van der Waals surface area contributed by atoms with Gasteiger partial charge in [0.05, 0.1) is 24.4 Å². The van der Waals surface area contributed by atoms with Gasteiger partial charge in [0.15, 0.2) is 0 Å². The van der Waals surface area contributed by atoms with Gasteiger partial charge in [0.25, 0.3) is 0 Å². The van der Waals surface area contributed by atoms with Crippen LogP contribution in [0.4, 0.5) is 0 Å².